The molecule has 0 fully saturated rings. The van der Waals surface area contributed by atoms with Crippen molar-refractivity contribution in [2.75, 3.05) is 13.1 Å². The molecular weight excluding hydrogens is 955 g/mol. The fraction of sp³-hybridized carbons (Fsp3) is 0.660. The fourth-order valence-electron chi connectivity index (χ4n) is 7.70. The molecule has 0 bridgehead atoms. The molecule has 9 amide bonds. The van der Waals surface area contributed by atoms with E-state index in [2.05, 4.69) is 47.5 Å². The predicted molar refractivity (Wildman–Crippen MR) is 283 cm³/mol. The van der Waals surface area contributed by atoms with E-state index in [1.807, 2.05) is 27.7 Å². The number of amides is 9. The summed E-state index contributed by atoms with van der Waals surface area (Å²) in [5.74, 6) is -7.23. The van der Waals surface area contributed by atoms with Crippen LogP contribution in [0.3, 0.4) is 0 Å². The van der Waals surface area contributed by atoms with E-state index in [9.17, 15) is 43.2 Å². The number of hydrogen-bond donors (Lipinski definition) is 14. The summed E-state index contributed by atoms with van der Waals surface area (Å²) in [6, 6.07) is -1.59. The number of benzene rings is 1. The standard InChI is InChI=1S/C50H87N15O9/c1-27(2)23-37(59-31(9)66)46(71)64-39(25-29(5)6)48(73)61-36(19-20-40(52)67)44(69)63-38(24-28(3)4)47(72)60-35(14-12-22-57-50(55)56)45(70)65-41(30(7)8)49(74)62-34(13-10-11-21-51)43(68)58-26-32-15-17-33(18-16-32)42(53)54/h15-18,27-30,34-39,41H,10-14,19-26,51H2,1-9H3,(H2,52,67)(H3,53,54)(H,58,68)(H,59,66)(H,60,72)(H,61,73)(H,62,74)(H,63,69)(H,64,71)(H,65,70)(H4,55,56,57)/t34-,35-,36-,37-,38-,39-,41-/m0/s1. The molecule has 0 aliphatic heterocycles. The average Bonchev–Trinajstić information content (AvgIpc) is 3.30. The summed E-state index contributed by atoms with van der Waals surface area (Å²) in [4.78, 5) is 126. The minimum absolute atomic E-state index is 0.0135. The highest BCUT2D eigenvalue weighted by Gasteiger charge is 2.35. The van der Waals surface area contributed by atoms with Gasteiger partial charge in [-0.25, -0.2) is 0 Å². The summed E-state index contributed by atoms with van der Waals surface area (Å²) in [6.45, 7) is 16.2. The fourth-order valence-corrected chi connectivity index (χ4v) is 7.70. The highest BCUT2D eigenvalue weighted by molar-refractivity contribution is 5.98. The van der Waals surface area contributed by atoms with Crippen molar-refractivity contribution in [1.82, 2.24) is 42.5 Å². The molecule has 1 aromatic carbocycles. The number of aliphatic imine (C=N–C) groups is 1. The second-order valence-corrected chi connectivity index (χ2v) is 20.2. The number of amidine groups is 1. The summed E-state index contributed by atoms with van der Waals surface area (Å²) in [5.41, 5.74) is 29.1. The van der Waals surface area contributed by atoms with Crippen molar-refractivity contribution < 1.29 is 43.2 Å². The Morgan fingerprint density at radius 3 is 1.38 bits per heavy atom. The molecule has 7 atom stereocenters. The van der Waals surface area contributed by atoms with Gasteiger partial charge in [-0.1, -0.05) is 79.7 Å². The summed E-state index contributed by atoms with van der Waals surface area (Å²) < 4.78 is 0. The van der Waals surface area contributed by atoms with Gasteiger partial charge in [0.05, 0.1) is 0 Å². The van der Waals surface area contributed by atoms with Gasteiger partial charge in [0, 0.05) is 32.0 Å². The molecule has 0 aliphatic rings. The molecule has 24 nitrogen and oxygen atoms in total. The lowest BCUT2D eigenvalue weighted by Crippen LogP contribution is -2.60. The van der Waals surface area contributed by atoms with E-state index in [-0.39, 0.29) is 94.0 Å². The van der Waals surface area contributed by atoms with E-state index < -0.39 is 101 Å². The summed E-state index contributed by atoms with van der Waals surface area (Å²) in [7, 11) is 0. The van der Waals surface area contributed by atoms with E-state index in [1.165, 1.54) is 6.92 Å². The zero-order valence-corrected chi connectivity index (χ0v) is 44.9. The second-order valence-electron chi connectivity index (χ2n) is 20.2. The van der Waals surface area contributed by atoms with Gasteiger partial charge in [0.1, 0.15) is 48.1 Å². The number of rotatable bonds is 35. The van der Waals surface area contributed by atoms with E-state index in [0.717, 1.165) is 5.56 Å². The maximum absolute atomic E-state index is 14.3. The lowest BCUT2D eigenvalue weighted by molar-refractivity contribution is -0.136. The highest BCUT2D eigenvalue weighted by atomic mass is 16.2. The average molecular weight is 1040 g/mol. The molecule has 416 valence electrons. The Morgan fingerprint density at radius 1 is 0.527 bits per heavy atom. The molecule has 0 saturated heterocycles. The van der Waals surface area contributed by atoms with Crippen LogP contribution in [0, 0.1) is 29.1 Å². The van der Waals surface area contributed by atoms with E-state index in [0.29, 0.717) is 24.9 Å². The third kappa shape index (κ3) is 26.2. The first-order chi connectivity index (χ1) is 34.6. The van der Waals surface area contributed by atoms with Crippen molar-refractivity contribution in [3.8, 4) is 0 Å². The van der Waals surface area contributed by atoms with Crippen molar-refractivity contribution in [2.24, 2.45) is 57.3 Å². The SMILES string of the molecule is CC(=O)N[C@@H](CC(C)C)C(=O)N[C@@H](CC(C)C)C(=O)N[C@@H](CCC(N)=O)C(=O)N[C@@H](CC(C)C)C(=O)N[C@@H](CCCN=C(N)N)C(=O)N[C@H](C(=O)N[C@@H](CCCCN)C(=O)NCc1ccc(C(=N)N)cc1)C(C)C. The van der Waals surface area contributed by atoms with Crippen LogP contribution in [-0.2, 0) is 49.7 Å². The molecule has 1 aromatic rings. The number of hydrogen-bond acceptors (Lipinski definition) is 12. The van der Waals surface area contributed by atoms with Crippen molar-refractivity contribution in [1.29, 1.82) is 5.41 Å². The first-order valence-electron chi connectivity index (χ1n) is 25.5. The summed E-state index contributed by atoms with van der Waals surface area (Å²) in [5, 5.41) is 29.3. The van der Waals surface area contributed by atoms with Crippen LogP contribution in [0.25, 0.3) is 0 Å². The Bertz CT molecular complexity index is 2060. The monoisotopic (exact) mass is 1040 g/mol. The number of guanidine groups is 1. The molecule has 0 unspecified atom stereocenters. The van der Waals surface area contributed by atoms with Crippen molar-refractivity contribution >= 4 is 65.0 Å². The van der Waals surface area contributed by atoms with Gasteiger partial charge in [-0.2, -0.15) is 0 Å². The van der Waals surface area contributed by atoms with Gasteiger partial charge in [-0.3, -0.25) is 53.6 Å². The second kappa shape index (κ2) is 33.8. The first kappa shape index (κ1) is 65.2. The van der Waals surface area contributed by atoms with E-state index >= 15 is 0 Å². The van der Waals surface area contributed by atoms with Crippen molar-refractivity contribution in [3.05, 3.63) is 35.4 Å². The highest BCUT2D eigenvalue weighted by Crippen LogP contribution is 2.14. The number of nitrogens with one attached hydrogen (secondary N) is 9. The Balaban J connectivity index is 3.49. The first-order valence-corrected chi connectivity index (χ1v) is 25.5. The molecule has 0 aliphatic carbocycles. The molecule has 24 heteroatoms. The molecular formula is C50H87N15O9. The maximum Gasteiger partial charge on any atom is 0.243 e. The normalized spacial score (nSPS) is 14.0. The number of carbonyl (C=O) groups is 9. The number of carbonyl (C=O) groups excluding carboxylic acids is 9. The van der Waals surface area contributed by atoms with Crippen LogP contribution in [0.15, 0.2) is 29.3 Å². The molecule has 0 radical (unpaired) electrons. The quantitative estimate of drug-likeness (QED) is 0.0226. The molecule has 0 aromatic heterocycles. The third-order valence-electron chi connectivity index (χ3n) is 11.5. The van der Waals surface area contributed by atoms with Crippen molar-refractivity contribution in [2.45, 2.75) is 175 Å². The topological polar surface area (TPSA) is 416 Å². The van der Waals surface area contributed by atoms with Gasteiger partial charge in [-0.15, -0.1) is 0 Å². The number of nitrogens with zero attached hydrogens (tertiary/aromatic N) is 1. The Labute approximate surface area is 436 Å². The maximum atomic E-state index is 14.3. The summed E-state index contributed by atoms with van der Waals surface area (Å²) in [6.07, 6.45) is 1.37. The molecule has 19 N–H and O–H groups in total. The van der Waals surface area contributed by atoms with Gasteiger partial charge in [0.15, 0.2) is 5.96 Å². The smallest absolute Gasteiger partial charge is 0.243 e. The van der Waals surface area contributed by atoms with Gasteiger partial charge in [0.25, 0.3) is 0 Å². The van der Waals surface area contributed by atoms with Crippen LogP contribution < -0.4 is 71.2 Å². The largest absolute Gasteiger partial charge is 0.384 e. The van der Waals surface area contributed by atoms with Crippen LogP contribution in [0.4, 0.5) is 0 Å². The minimum Gasteiger partial charge on any atom is -0.384 e. The Hall–Kier alpha value is -6.85. The van der Waals surface area contributed by atoms with Crippen molar-refractivity contribution in [3.63, 3.8) is 0 Å². The zero-order chi connectivity index (χ0) is 56.2. The number of nitrogens with two attached hydrogens (primary N) is 5. The van der Waals surface area contributed by atoms with Crippen LogP contribution in [0.1, 0.15) is 138 Å². The van der Waals surface area contributed by atoms with Crippen LogP contribution in [-0.4, -0.2) is 120 Å². The number of unbranched alkanes of at least 4 members (excludes halogenated alkanes) is 1. The molecule has 0 heterocycles. The minimum atomic E-state index is -1.42. The Morgan fingerprint density at radius 2 is 0.946 bits per heavy atom. The lowest BCUT2D eigenvalue weighted by Gasteiger charge is -2.29. The Kier molecular flexibility index (Phi) is 29.8. The molecule has 0 spiro atoms. The zero-order valence-electron chi connectivity index (χ0n) is 44.9. The van der Waals surface area contributed by atoms with Gasteiger partial charge in [0.2, 0.25) is 53.2 Å². The van der Waals surface area contributed by atoms with Gasteiger partial charge >= 0.3 is 0 Å². The van der Waals surface area contributed by atoms with Crippen LogP contribution in [0.2, 0.25) is 0 Å². The molecule has 1 rings (SSSR count). The van der Waals surface area contributed by atoms with Gasteiger partial charge in [-0.05, 0) is 93.6 Å². The van der Waals surface area contributed by atoms with Crippen LogP contribution >= 0.6 is 0 Å². The lowest BCUT2D eigenvalue weighted by atomic mass is 9.99. The van der Waals surface area contributed by atoms with E-state index in [1.54, 1.807) is 52.0 Å². The van der Waals surface area contributed by atoms with E-state index in [4.69, 9.17) is 34.1 Å². The molecule has 0 saturated carbocycles. The van der Waals surface area contributed by atoms with Crippen LogP contribution in [0.5, 0.6) is 0 Å². The number of primary amides is 1. The number of nitrogen functional groups attached to an aromatic ring is 1. The predicted octanol–water partition coefficient (Wildman–Crippen LogP) is -0.757. The summed E-state index contributed by atoms with van der Waals surface area (Å²) >= 11 is 0. The molecule has 74 heavy (non-hydrogen) atoms. The van der Waals surface area contributed by atoms with Gasteiger partial charge < -0.3 is 71.2 Å². The third-order valence-corrected chi connectivity index (χ3v) is 11.5.